The summed E-state index contributed by atoms with van der Waals surface area (Å²) in [7, 11) is 4.78. The molecule has 2 aromatic rings. The van der Waals surface area contributed by atoms with Crippen LogP contribution in [0, 0.1) is 0 Å². The molecule has 0 saturated carbocycles. The second-order valence-electron chi connectivity index (χ2n) is 8.44. The van der Waals surface area contributed by atoms with Gasteiger partial charge in [-0.05, 0) is 50.1 Å². The summed E-state index contributed by atoms with van der Waals surface area (Å²) < 4.78 is 16.5. The number of carbonyl (C=O) groups excluding carboxylic acids is 2. The molecule has 4 rings (SSSR count). The lowest BCUT2D eigenvalue weighted by Gasteiger charge is -2.31. The number of nitrogens with zero attached hydrogens (tertiary/aromatic N) is 3. The number of methoxy groups -OCH3 is 2. The molecule has 1 fully saturated rings. The van der Waals surface area contributed by atoms with Crippen molar-refractivity contribution in [3.8, 4) is 11.5 Å². The average Bonchev–Trinajstić information content (AvgIpc) is 2.99. The lowest BCUT2D eigenvalue weighted by atomic mass is 9.94. The number of hydrazone groups is 1. The van der Waals surface area contributed by atoms with Gasteiger partial charge in [-0.25, -0.2) is 9.80 Å². The van der Waals surface area contributed by atoms with Gasteiger partial charge in [0, 0.05) is 23.9 Å². The number of morpholine rings is 1. The van der Waals surface area contributed by atoms with Gasteiger partial charge in [-0.1, -0.05) is 12.1 Å². The maximum Gasteiger partial charge on any atom is 0.337 e. The second kappa shape index (κ2) is 9.72. The lowest BCUT2D eigenvalue weighted by molar-refractivity contribution is -0.128. The zero-order valence-electron chi connectivity index (χ0n) is 20.1. The molecule has 34 heavy (non-hydrogen) atoms. The molecule has 3 amide bonds. The number of rotatable bonds is 4. The largest absolute Gasteiger partial charge is 0.493 e. The van der Waals surface area contributed by atoms with Crippen molar-refractivity contribution < 1.29 is 23.8 Å². The Balaban J connectivity index is 1.80. The molecule has 180 valence electrons. The quantitative estimate of drug-likeness (QED) is 0.748. The summed E-state index contributed by atoms with van der Waals surface area (Å²) in [6, 6.07) is 11.0. The normalized spacial score (nSPS) is 20.3. The monoisotopic (exact) mass is 466 g/mol. The number of ether oxygens (including phenoxy) is 3. The van der Waals surface area contributed by atoms with E-state index in [2.05, 4.69) is 5.32 Å². The Bertz CT molecular complexity index is 1120. The van der Waals surface area contributed by atoms with Crippen molar-refractivity contribution >= 4 is 23.3 Å². The first-order chi connectivity index (χ1) is 16.4. The van der Waals surface area contributed by atoms with Crippen molar-refractivity contribution in [2.75, 3.05) is 39.3 Å². The van der Waals surface area contributed by atoms with Crippen LogP contribution < -0.4 is 19.7 Å². The summed E-state index contributed by atoms with van der Waals surface area (Å²) in [5.74, 6) is 1.13. The van der Waals surface area contributed by atoms with Crippen molar-refractivity contribution in [1.29, 1.82) is 0 Å². The Hall–Kier alpha value is -3.59. The van der Waals surface area contributed by atoms with Crippen molar-refractivity contribution in [1.82, 2.24) is 10.3 Å². The first kappa shape index (κ1) is 23.6. The molecule has 0 spiro atoms. The minimum atomic E-state index is -0.291. The number of fused-ring (bicyclic) bond motifs is 1. The number of urea groups is 1. The molecule has 0 aliphatic carbocycles. The van der Waals surface area contributed by atoms with Crippen molar-refractivity contribution in [3.05, 3.63) is 53.1 Å². The number of benzene rings is 2. The van der Waals surface area contributed by atoms with E-state index in [4.69, 9.17) is 19.3 Å². The Labute approximate surface area is 199 Å². The highest BCUT2D eigenvalue weighted by Crippen LogP contribution is 2.35. The number of amides is 3. The number of nitrogens with one attached hydrogen (secondary N) is 1. The highest BCUT2D eigenvalue weighted by Gasteiger charge is 2.29. The Morgan fingerprint density at radius 3 is 2.44 bits per heavy atom. The first-order valence-electron chi connectivity index (χ1n) is 11.2. The van der Waals surface area contributed by atoms with Crippen molar-refractivity contribution in [2.45, 2.75) is 32.4 Å². The third-order valence-corrected chi connectivity index (χ3v) is 6.11. The fourth-order valence-corrected chi connectivity index (χ4v) is 4.30. The zero-order chi connectivity index (χ0) is 24.4. The van der Waals surface area contributed by atoms with E-state index in [-0.39, 0.29) is 30.7 Å². The van der Waals surface area contributed by atoms with Gasteiger partial charge in [0.15, 0.2) is 11.5 Å². The molecule has 9 nitrogen and oxygen atoms in total. The van der Waals surface area contributed by atoms with Gasteiger partial charge in [-0.2, -0.15) is 5.10 Å². The highest BCUT2D eigenvalue weighted by molar-refractivity contribution is 6.14. The number of hydrogen-bond donors (Lipinski definition) is 1. The van der Waals surface area contributed by atoms with E-state index in [0.29, 0.717) is 30.2 Å². The highest BCUT2D eigenvalue weighted by atomic mass is 16.5. The molecular weight excluding hydrogens is 436 g/mol. The summed E-state index contributed by atoms with van der Waals surface area (Å²) in [5.41, 5.74) is 4.10. The van der Waals surface area contributed by atoms with E-state index >= 15 is 0 Å². The van der Waals surface area contributed by atoms with Gasteiger partial charge in [-0.3, -0.25) is 4.79 Å². The van der Waals surface area contributed by atoms with Gasteiger partial charge < -0.3 is 24.4 Å². The van der Waals surface area contributed by atoms with Gasteiger partial charge in [0.2, 0.25) is 0 Å². The predicted molar refractivity (Wildman–Crippen MR) is 129 cm³/mol. The number of anilines is 1. The van der Waals surface area contributed by atoms with Crippen LogP contribution in [0.2, 0.25) is 0 Å². The van der Waals surface area contributed by atoms with Gasteiger partial charge >= 0.3 is 6.03 Å². The van der Waals surface area contributed by atoms with Crippen LogP contribution in [-0.2, 0) is 16.0 Å². The zero-order valence-corrected chi connectivity index (χ0v) is 20.1. The molecular formula is C25H30N4O5. The second-order valence-corrected chi connectivity index (χ2v) is 8.44. The van der Waals surface area contributed by atoms with Crippen LogP contribution in [-0.4, -0.2) is 69.2 Å². The topological polar surface area (TPSA) is 92.7 Å². The summed E-state index contributed by atoms with van der Waals surface area (Å²) in [5, 5.41) is 8.92. The smallest absolute Gasteiger partial charge is 0.337 e. The molecule has 9 heteroatoms. The lowest BCUT2D eigenvalue weighted by Crippen LogP contribution is -2.45. The Morgan fingerprint density at radius 1 is 1.12 bits per heavy atom. The summed E-state index contributed by atoms with van der Waals surface area (Å²) >= 11 is 0. The molecule has 0 bridgehead atoms. The van der Waals surface area contributed by atoms with Crippen LogP contribution in [0.1, 0.15) is 30.5 Å². The third-order valence-electron chi connectivity index (χ3n) is 6.11. The van der Waals surface area contributed by atoms with E-state index in [1.807, 2.05) is 50.2 Å². The fourth-order valence-electron chi connectivity index (χ4n) is 4.30. The summed E-state index contributed by atoms with van der Waals surface area (Å²) in [4.78, 5) is 26.7. The third kappa shape index (κ3) is 4.43. The van der Waals surface area contributed by atoms with Crippen LogP contribution in [0.4, 0.5) is 10.5 Å². The average molecular weight is 467 g/mol. The molecule has 2 aromatic carbocycles. The van der Waals surface area contributed by atoms with Gasteiger partial charge in [0.25, 0.3) is 5.91 Å². The van der Waals surface area contributed by atoms with Crippen LogP contribution >= 0.6 is 0 Å². The van der Waals surface area contributed by atoms with Crippen molar-refractivity contribution in [2.24, 2.45) is 5.10 Å². The number of hydrogen-bond acceptors (Lipinski definition) is 6. The molecule has 1 N–H and O–H groups in total. The van der Waals surface area contributed by atoms with E-state index in [1.165, 1.54) is 5.01 Å². The molecule has 2 heterocycles. The minimum Gasteiger partial charge on any atom is -0.493 e. The van der Waals surface area contributed by atoms with Crippen molar-refractivity contribution in [3.63, 3.8) is 0 Å². The van der Waals surface area contributed by atoms with E-state index in [0.717, 1.165) is 22.4 Å². The predicted octanol–water partition coefficient (Wildman–Crippen LogP) is 2.79. The van der Waals surface area contributed by atoms with Gasteiger partial charge in [-0.15, -0.1) is 0 Å². The molecule has 2 aliphatic heterocycles. The van der Waals surface area contributed by atoms with E-state index in [1.54, 1.807) is 26.2 Å². The SMILES string of the molecule is CNC(=O)N1N=C(c2ccc(N3CC(C)OCC3=O)cc2)c2cc(OC)c(OC)cc2CC1C. The maximum atomic E-state index is 12.6. The molecule has 2 unspecified atom stereocenters. The first-order valence-corrected chi connectivity index (χ1v) is 11.2. The molecule has 1 saturated heterocycles. The standard InChI is InChI=1S/C25H30N4O5/c1-15-10-18-11-21(32-4)22(33-5)12-20(18)24(27-29(15)25(31)26-3)17-6-8-19(9-7-17)28-13-16(2)34-14-23(28)30/h6-9,11-12,15-16H,10,13-14H2,1-5H3,(H,26,31). The van der Waals surface area contributed by atoms with Crippen LogP contribution in [0.15, 0.2) is 41.5 Å². The van der Waals surface area contributed by atoms with Crippen LogP contribution in [0.3, 0.4) is 0 Å². The fraction of sp³-hybridized carbons (Fsp3) is 0.400. The Morgan fingerprint density at radius 2 is 1.79 bits per heavy atom. The van der Waals surface area contributed by atoms with Gasteiger partial charge in [0.1, 0.15) is 6.61 Å². The summed E-state index contributed by atoms with van der Waals surface area (Å²) in [6.45, 7) is 4.47. The minimum absolute atomic E-state index is 0.0273. The van der Waals surface area contributed by atoms with Crippen LogP contribution in [0.25, 0.3) is 0 Å². The molecule has 2 aliphatic rings. The Kier molecular flexibility index (Phi) is 6.74. The summed E-state index contributed by atoms with van der Waals surface area (Å²) in [6.07, 6.45) is 0.564. The maximum absolute atomic E-state index is 12.6. The van der Waals surface area contributed by atoms with E-state index in [9.17, 15) is 9.59 Å². The molecule has 0 aromatic heterocycles. The number of carbonyl (C=O) groups is 2. The van der Waals surface area contributed by atoms with Gasteiger partial charge in [0.05, 0.1) is 38.6 Å². The van der Waals surface area contributed by atoms with E-state index < -0.39 is 0 Å². The molecule has 0 radical (unpaired) electrons. The molecule has 2 atom stereocenters. The van der Waals surface area contributed by atoms with Crippen LogP contribution in [0.5, 0.6) is 11.5 Å².